The lowest BCUT2D eigenvalue weighted by Crippen LogP contribution is -2.38. The molecule has 0 bridgehead atoms. The highest BCUT2D eigenvalue weighted by atomic mass is 32.1. The molecule has 0 aromatic carbocycles. The van der Waals surface area contributed by atoms with E-state index in [9.17, 15) is 0 Å². The second kappa shape index (κ2) is 5.90. The van der Waals surface area contributed by atoms with Crippen molar-refractivity contribution in [3.63, 3.8) is 0 Å². The molecule has 1 saturated heterocycles. The van der Waals surface area contributed by atoms with Crippen LogP contribution < -0.4 is 5.32 Å². The van der Waals surface area contributed by atoms with E-state index in [2.05, 4.69) is 24.1 Å². The van der Waals surface area contributed by atoms with E-state index in [1.54, 1.807) is 0 Å². The van der Waals surface area contributed by atoms with Crippen LogP contribution in [0.15, 0.2) is 0 Å². The zero-order chi connectivity index (χ0) is 13.2. The van der Waals surface area contributed by atoms with Crippen LogP contribution >= 0.6 is 11.3 Å². The molecule has 3 nitrogen and oxygen atoms in total. The van der Waals surface area contributed by atoms with Crippen LogP contribution in [-0.4, -0.2) is 35.6 Å². The summed E-state index contributed by atoms with van der Waals surface area (Å²) in [6.45, 7) is 9.04. The van der Waals surface area contributed by atoms with E-state index >= 15 is 0 Å². The molecular formula is C15H25N3S. The first-order chi connectivity index (χ1) is 9.20. The average molecular weight is 279 g/mol. The van der Waals surface area contributed by atoms with E-state index in [1.165, 1.54) is 60.9 Å². The van der Waals surface area contributed by atoms with E-state index in [1.807, 2.05) is 11.3 Å². The molecule has 2 fully saturated rings. The molecule has 106 valence electrons. The summed E-state index contributed by atoms with van der Waals surface area (Å²) in [7, 11) is 0. The maximum absolute atomic E-state index is 4.71. The first kappa shape index (κ1) is 13.5. The molecule has 2 aliphatic rings. The highest BCUT2D eigenvalue weighted by molar-refractivity contribution is 7.11. The number of nitrogens with one attached hydrogen (secondary N) is 1. The van der Waals surface area contributed by atoms with Gasteiger partial charge in [-0.25, -0.2) is 4.98 Å². The molecular weight excluding hydrogens is 254 g/mol. The fourth-order valence-corrected chi connectivity index (χ4v) is 3.87. The number of aromatic nitrogens is 1. The summed E-state index contributed by atoms with van der Waals surface area (Å²) < 4.78 is 0. The Morgan fingerprint density at radius 3 is 2.68 bits per heavy atom. The Morgan fingerprint density at radius 1 is 1.26 bits per heavy atom. The molecule has 3 rings (SSSR count). The molecule has 0 radical (unpaired) electrons. The molecule has 1 aromatic rings. The van der Waals surface area contributed by atoms with Crippen LogP contribution in [0.3, 0.4) is 0 Å². The van der Waals surface area contributed by atoms with Gasteiger partial charge in [0.15, 0.2) is 0 Å². The zero-order valence-electron chi connectivity index (χ0n) is 12.1. The van der Waals surface area contributed by atoms with Crippen LogP contribution in [0.25, 0.3) is 0 Å². The molecule has 0 spiro atoms. The zero-order valence-corrected chi connectivity index (χ0v) is 12.9. The van der Waals surface area contributed by atoms with Crippen molar-refractivity contribution >= 4 is 11.3 Å². The van der Waals surface area contributed by atoms with Crippen molar-refractivity contribution in [1.29, 1.82) is 0 Å². The van der Waals surface area contributed by atoms with Crippen LogP contribution in [0.4, 0.5) is 0 Å². The van der Waals surface area contributed by atoms with E-state index in [0.717, 1.165) is 12.5 Å². The number of thiazole rings is 1. The van der Waals surface area contributed by atoms with Crippen molar-refractivity contribution < 1.29 is 0 Å². The Morgan fingerprint density at radius 2 is 2.11 bits per heavy atom. The lowest BCUT2D eigenvalue weighted by atomic mass is 10.2. The molecule has 1 N–H and O–H groups in total. The minimum absolute atomic E-state index is 0.709. The number of hydrogen-bond acceptors (Lipinski definition) is 4. The smallest absolute Gasteiger partial charge is 0.107 e. The Kier molecular flexibility index (Phi) is 4.20. The Labute approximate surface area is 120 Å². The number of rotatable bonds is 6. The van der Waals surface area contributed by atoms with Crippen LogP contribution in [-0.2, 0) is 6.54 Å². The van der Waals surface area contributed by atoms with Crippen molar-refractivity contribution in [3.05, 3.63) is 15.6 Å². The van der Waals surface area contributed by atoms with Gasteiger partial charge >= 0.3 is 0 Å². The Balaban J connectivity index is 1.60. The van der Waals surface area contributed by atoms with Gasteiger partial charge in [0.25, 0.3) is 0 Å². The van der Waals surface area contributed by atoms with E-state index in [0.29, 0.717) is 6.04 Å². The molecule has 1 atom stereocenters. The topological polar surface area (TPSA) is 28.2 Å². The van der Waals surface area contributed by atoms with Gasteiger partial charge in [-0.15, -0.1) is 11.3 Å². The molecule has 19 heavy (non-hydrogen) atoms. The minimum Gasteiger partial charge on any atom is -0.313 e. The summed E-state index contributed by atoms with van der Waals surface area (Å²) in [5, 5.41) is 4.92. The van der Waals surface area contributed by atoms with Gasteiger partial charge in [-0.3, -0.25) is 4.90 Å². The van der Waals surface area contributed by atoms with Gasteiger partial charge in [0.05, 0.1) is 12.2 Å². The van der Waals surface area contributed by atoms with E-state index in [-0.39, 0.29) is 0 Å². The van der Waals surface area contributed by atoms with Gasteiger partial charge < -0.3 is 5.32 Å². The molecule has 0 amide bonds. The summed E-state index contributed by atoms with van der Waals surface area (Å²) >= 11 is 1.87. The summed E-state index contributed by atoms with van der Waals surface area (Å²) in [6, 6.07) is 0.709. The number of aryl methyl sites for hydroxylation is 2. The van der Waals surface area contributed by atoms with Crippen LogP contribution in [0.2, 0.25) is 0 Å². The predicted molar refractivity (Wildman–Crippen MR) is 80.6 cm³/mol. The van der Waals surface area contributed by atoms with E-state index < -0.39 is 0 Å². The molecule has 1 unspecified atom stereocenters. The quantitative estimate of drug-likeness (QED) is 0.868. The molecule has 1 aliphatic carbocycles. The van der Waals surface area contributed by atoms with Crippen LogP contribution in [0.1, 0.15) is 41.3 Å². The first-order valence-electron chi connectivity index (χ1n) is 7.59. The van der Waals surface area contributed by atoms with Gasteiger partial charge in [-0.2, -0.15) is 0 Å². The number of hydrogen-bond donors (Lipinski definition) is 1. The third kappa shape index (κ3) is 3.77. The van der Waals surface area contributed by atoms with Crippen LogP contribution in [0, 0.1) is 19.8 Å². The van der Waals surface area contributed by atoms with Crippen molar-refractivity contribution in [3.8, 4) is 0 Å². The SMILES string of the molecule is Cc1nc(CN(CC2CC2)CC2CCCN2)sc1C. The van der Waals surface area contributed by atoms with Crippen molar-refractivity contribution in [1.82, 2.24) is 15.2 Å². The largest absolute Gasteiger partial charge is 0.313 e. The van der Waals surface area contributed by atoms with Crippen LogP contribution in [0.5, 0.6) is 0 Å². The van der Waals surface area contributed by atoms with Gasteiger partial charge in [-0.1, -0.05) is 0 Å². The lowest BCUT2D eigenvalue weighted by molar-refractivity contribution is 0.231. The molecule has 1 aliphatic heterocycles. The summed E-state index contributed by atoms with van der Waals surface area (Å²) in [5.74, 6) is 0.962. The van der Waals surface area contributed by atoms with Gasteiger partial charge in [0, 0.05) is 24.0 Å². The lowest BCUT2D eigenvalue weighted by Gasteiger charge is -2.24. The second-order valence-electron chi connectivity index (χ2n) is 6.18. The maximum atomic E-state index is 4.71. The normalized spacial score (nSPS) is 23.4. The van der Waals surface area contributed by atoms with Crippen molar-refractivity contribution in [2.24, 2.45) is 5.92 Å². The molecule has 4 heteroatoms. The molecule has 2 heterocycles. The van der Waals surface area contributed by atoms with Crippen molar-refractivity contribution in [2.75, 3.05) is 19.6 Å². The summed E-state index contributed by atoms with van der Waals surface area (Å²) in [4.78, 5) is 8.72. The summed E-state index contributed by atoms with van der Waals surface area (Å²) in [5.41, 5.74) is 1.21. The third-order valence-corrected chi connectivity index (χ3v) is 5.34. The van der Waals surface area contributed by atoms with E-state index in [4.69, 9.17) is 4.98 Å². The van der Waals surface area contributed by atoms with Gasteiger partial charge in [-0.05, 0) is 52.0 Å². The molecule has 1 aromatic heterocycles. The highest BCUT2D eigenvalue weighted by Crippen LogP contribution is 2.31. The number of nitrogens with zero attached hydrogens (tertiary/aromatic N) is 2. The fraction of sp³-hybridized carbons (Fsp3) is 0.800. The highest BCUT2D eigenvalue weighted by Gasteiger charge is 2.27. The monoisotopic (exact) mass is 279 g/mol. The summed E-state index contributed by atoms with van der Waals surface area (Å²) in [6.07, 6.45) is 5.56. The van der Waals surface area contributed by atoms with Gasteiger partial charge in [0.2, 0.25) is 0 Å². The van der Waals surface area contributed by atoms with Gasteiger partial charge in [0.1, 0.15) is 5.01 Å². The molecule has 1 saturated carbocycles. The second-order valence-corrected chi connectivity index (χ2v) is 7.47. The van der Waals surface area contributed by atoms with Crippen molar-refractivity contribution in [2.45, 2.75) is 52.1 Å². The predicted octanol–water partition coefficient (Wildman–Crippen LogP) is 2.72. The fourth-order valence-electron chi connectivity index (χ4n) is 2.89. The first-order valence-corrected chi connectivity index (χ1v) is 8.41. The minimum atomic E-state index is 0.709. The third-order valence-electron chi connectivity index (χ3n) is 4.29. The Hall–Kier alpha value is -0.450. The Bertz CT molecular complexity index is 400. The standard InChI is InChI=1S/C15H25N3S/c1-11-12(2)19-15(17-11)10-18(8-13-5-6-13)9-14-4-3-7-16-14/h13-14,16H,3-10H2,1-2H3. The average Bonchev–Trinajstić information content (AvgIpc) is 2.91. The maximum Gasteiger partial charge on any atom is 0.107 e.